The summed E-state index contributed by atoms with van der Waals surface area (Å²) in [5.41, 5.74) is 1.51. The van der Waals surface area contributed by atoms with Crippen LogP contribution in [0.5, 0.6) is 0 Å². The number of aldehydes is 2. The molecule has 3 nitrogen and oxygen atoms in total. The fourth-order valence-electron chi connectivity index (χ4n) is 1.80. The van der Waals surface area contributed by atoms with Crippen LogP contribution in [-0.4, -0.2) is 23.8 Å². The minimum atomic E-state index is -0.673. The number of rotatable bonds is 3. The summed E-state index contributed by atoms with van der Waals surface area (Å²) >= 11 is 0. The SMILES string of the molecule is CCC1=C(C=O)C(C=O)C(O)CC1. The average Bonchev–Trinajstić information content (AvgIpc) is 2.17. The Kier molecular flexibility index (Phi) is 3.37. The second kappa shape index (κ2) is 4.33. The average molecular weight is 182 g/mol. The van der Waals surface area contributed by atoms with Crippen molar-refractivity contribution in [1.29, 1.82) is 0 Å². The summed E-state index contributed by atoms with van der Waals surface area (Å²) in [7, 11) is 0. The van der Waals surface area contributed by atoms with Crippen molar-refractivity contribution >= 4 is 12.6 Å². The van der Waals surface area contributed by atoms with Gasteiger partial charge in [0.05, 0.1) is 12.0 Å². The predicted molar refractivity (Wildman–Crippen MR) is 48.2 cm³/mol. The highest BCUT2D eigenvalue weighted by molar-refractivity contribution is 5.83. The molecule has 0 saturated heterocycles. The smallest absolute Gasteiger partial charge is 0.146 e. The van der Waals surface area contributed by atoms with E-state index >= 15 is 0 Å². The van der Waals surface area contributed by atoms with E-state index in [1.165, 1.54) is 0 Å². The van der Waals surface area contributed by atoms with Gasteiger partial charge in [0.1, 0.15) is 12.6 Å². The molecule has 0 aromatic carbocycles. The van der Waals surface area contributed by atoms with Crippen LogP contribution in [0, 0.1) is 5.92 Å². The molecular formula is C10H14O3. The van der Waals surface area contributed by atoms with Crippen molar-refractivity contribution < 1.29 is 14.7 Å². The molecule has 0 bridgehead atoms. The molecule has 0 aromatic rings. The molecule has 72 valence electrons. The molecule has 0 aromatic heterocycles. The zero-order valence-corrected chi connectivity index (χ0v) is 7.69. The Morgan fingerprint density at radius 1 is 1.54 bits per heavy atom. The highest BCUT2D eigenvalue weighted by atomic mass is 16.3. The fraction of sp³-hybridized carbons (Fsp3) is 0.600. The Hall–Kier alpha value is -0.960. The molecule has 13 heavy (non-hydrogen) atoms. The number of hydrogen-bond donors (Lipinski definition) is 1. The number of hydrogen-bond acceptors (Lipinski definition) is 3. The minimum Gasteiger partial charge on any atom is -0.392 e. The molecule has 2 atom stereocenters. The van der Waals surface area contributed by atoms with Gasteiger partial charge in [-0.05, 0) is 19.3 Å². The largest absolute Gasteiger partial charge is 0.392 e. The number of aliphatic hydroxyl groups excluding tert-OH is 1. The molecule has 1 aliphatic rings. The van der Waals surface area contributed by atoms with Crippen molar-refractivity contribution in [3.05, 3.63) is 11.1 Å². The van der Waals surface area contributed by atoms with Crippen LogP contribution in [-0.2, 0) is 9.59 Å². The lowest BCUT2D eigenvalue weighted by molar-refractivity contribution is -0.115. The van der Waals surface area contributed by atoms with Crippen LogP contribution in [0.4, 0.5) is 0 Å². The molecule has 1 rings (SSSR count). The molecule has 0 aliphatic heterocycles. The molecule has 2 unspecified atom stereocenters. The van der Waals surface area contributed by atoms with Gasteiger partial charge in [0.25, 0.3) is 0 Å². The first-order valence-corrected chi connectivity index (χ1v) is 4.55. The summed E-state index contributed by atoms with van der Waals surface area (Å²) < 4.78 is 0. The summed E-state index contributed by atoms with van der Waals surface area (Å²) in [6, 6.07) is 0. The quantitative estimate of drug-likeness (QED) is 0.659. The van der Waals surface area contributed by atoms with Gasteiger partial charge >= 0.3 is 0 Å². The van der Waals surface area contributed by atoms with Crippen LogP contribution in [0.15, 0.2) is 11.1 Å². The van der Waals surface area contributed by atoms with Crippen molar-refractivity contribution in [1.82, 2.24) is 0 Å². The highest BCUT2D eigenvalue weighted by Gasteiger charge is 2.28. The van der Waals surface area contributed by atoms with Gasteiger partial charge in [-0.2, -0.15) is 0 Å². The van der Waals surface area contributed by atoms with E-state index in [-0.39, 0.29) is 0 Å². The Labute approximate surface area is 77.4 Å². The minimum absolute atomic E-state index is 0.497. The van der Waals surface area contributed by atoms with Gasteiger partial charge in [-0.3, -0.25) is 4.79 Å². The van der Waals surface area contributed by atoms with Gasteiger partial charge in [-0.25, -0.2) is 0 Å². The third-order valence-corrected chi connectivity index (χ3v) is 2.62. The van der Waals surface area contributed by atoms with Crippen molar-refractivity contribution in [2.45, 2.75) is 32.3 Å². The Morgan fingerprint density at radius 3 is 2.69 bits per heavy atom. The number of aliphatic hydroxyl groups is 1. The van der Waals surface area contributed by atoms with Crippen molar-refractivity contribution in [2.24, 2.45) is 5.92 Å². The Bertz CT molecular complexity index is 243. The standard InChI is InChI=1S/C10H14O3/c1-2-7-3-4-10(13)9(6-12)8(7)5-11/h5-6,9-10,13H,2-4H2,1H3. The summed E-state index contributed by atoms with van der Waals surface area (Å²) in [6.07, 6.45) is 2.81. The van der Waals surface area contributed by atoms with Crippen LogP contribution >= 0.6 is 0 Å². The molecular weight excluding hydrogens is 168 g/mol. The van der Waals surface area contributed by atoms with E-state index in [1.54, 1.807) is 0 Å². The lowest BCUT2D eigenvalue weighted by Crippen LogP contribution is -2.29. The van der Waals surface area contributed by atoms with Crippen molar-refractivity contribution in [3.8, 4) is 0 Å². The van der Waals surface area contributed by atoms with Crippen LogP contribution in [0.2, 0.25) is 0 Å². The van der Waals surface area contributed by atoms with Gasteiger partial charge in [0.15, 0.2) is 0 Å². The van der Waals surface area contributed by atoms with Crippen LogP contribution < -0.4 is 0 Å². The maximum atomic E-state index is 10.7. The van der Waals surface area contributed by atoms with E-state index in [0.29, 0.717) is 24.6 Å². The number of carbonyl (C=O) groups is 2. The zero-order valence-electron chi connectivity index (χ0n) is 7.69. The summed E-state index contributed by atoms with van der Waals surface area (Å²) in [6.45, 7) is 1.96. The van der Waals surface area contributed by atoms with Crippen LogP contribution in [0.25, 0.3) is 0 Å². The maximum Gasteiger partial charge on any atom is 0.146 e. The summed E-state index contributed by atoms with van der Waals surface area (Å²) in [5, 5.41) is 9.46. The monoisotopic (exact) mass is 182 g/mol. The van der Waals surface area contributed by atoms with E-state index in [9.17, 15) is 14.7 Å². The molecule has 1 aliphatic carbocycles. The van der Waals surface area contributed by atoms with Gasteiger partial charge in [-0.15, -0.1) is 0 Å². The van der Waals surface area contributed by atoms with Gasteiger partial charge in [0.2, 0.25) is 0 Å². The molecule has 0 fully saturated rings. The third-order valence-electron chi connectivity index (χ3n) is 2.62. The topological polar surface area (TPSA) is 54.4 Å². The van der Waals surface area contributed by atoms with Gasteiger partial charge < -0.3 is 9.90 Å². The second-order valence-corrected chi connectivity index (χ2v) is 3.30. The summed E-state index contributed by atoms with van der Waals surface area (Å²) in [4.78, 5) is 21.4. The predicted octanol–water partition coefficient (Wildman–Crippen LogP) is 0.862. The second-order valence-electron chi connectivity index (χ2n) is 3.30. The molecule has 0 amide bonds. The van der Waals surface area contributed by atoms with E-state index in [1.807, 2.05) is 6.92 Å². The normalized spacial score (nSPS) is 28.8. The van der Waals surface area contributed by atoms with Gasteiger partial charge in [-0.1, -0.05) is 12.5 Å². The lowest BCUT2D eigenvalue weighted by Gasteiger charge is -2.26. The first-order chi connectivity index (χ1) is 6.24. The van der Waals surface area contributed by atoms with Crippen molar-refractivity contribution in [3.63, 3.8) is 0 Å². The Morgan fingerprint density at radius 2 is 2.23 bits per heavy atom. The van der Waals surface area contributed by atoms with Crippen LogP contribution in [0.1, 0.15) is 26.2 Å². The lowest BCUT2D eigenvalue weighted by atomic mass is 9.81. The van der Waals surface area contributed by atoms with Crippen molar-refractivity contribution in [2.75, 3.05) is 0 Å². The van der Waals surface area contributed by atoms with Gasteiger partial charge in [0, 0.05) is 5.57 Å². The van der Waals surface area contributed by atoms with E-state index in [4.69, 9.17) is 0 Å². The maximum absolute atomic E-state index is 10.7. The molecule has 3 heteroatoms. The molecule has 1 N–H and O–H groups in total. The number of allylic oxidation sites excluding steroid dienone is 1. The molecule has 0 radical (unpaired) electrons. The Balaban J connectivity index is 3.01. The summed E-state index contributed by atoms with van der Waals surface area (Å²) in [5.74, 6) is -0.596. The fourth-order valence-corrected chi connectivity index (χ4v) is 1.80. The third kappa shape index (κ3) is 1.86. The van der Waals surface area contributed by atoms with Crippen LogP contribution in [0.3, 0.4) is 0 Å². The molecule has 0 spiro atoms. The molecule has 0 heterocycles. The van der Waals surface area contributed by atoms with E-state index in [0.717, 1.165) is 18.4 Å². The first kappa shape index (κ1) is 10.1. The first-order valence-electron chi connectivity index (χ1n) is 4.55. The number of carbonyl (C=O) groups excluding carboxylic acids is 2. The highest BCUT2D eigenvalue weighted by Crippen LogP contribution is 2.29. The van der Waals surface area contributed by atoms with E-state index in [2.05, 4.69) is 0 Å². The van der Waals surface area contributed by atoms with E-state index < -0.39 is 12.0 Å². The molecule has 0 saturated carbocycles. The zero-order chi connectivity index (χ0) is 9.84.